The number of likely N-dealkylation sites (tertiary alicyclic amines) is 1. The van der Waals surface area contributed by atoms with E-state index in [0.717, 1.165) is 51.3 Å². The summed E-state index contributed by atoms with van der Waals surface area (Å²) in [5.41, 5.74) is 0. The van der Waals surface area contributed by atoms with Crippen LogP contribution >= 0.6 is 0 Å². The first-order valence-corrected chi connectivity index (χ1v) is 10.2. The van der Waals surface area contributed by atoms with Crippen molar-refractivity contribution in [2.45, 2.75) is 38.0 Å². The molecule has 2 fully saturated rings. The number of rotatable bonds is 6. The van der Waals surface area contributed by atoms with Gasteiger partial charge >= 0.3 is 0 Å². The molecule has 29 heavy (non-hydrogen) atoms. The molecule has 0 spiro atoms. The Kier molecular flexibility index (Phi) is 6.39. The fourth-order valence-electron chi connectivity index (χ4n) is 3.94. The number of ether oxygens (including phenoxy) is 2. The maximum Gasteiger partial charge on any atom is 0.260 e. The van der Waals surface area contributed by atoms with Crippen LogP contribution in [-0.2, 0) is 16.0 Å². The highest BCUT2D eigenvalue weighted by molar-refractivity contribution is 5.77. The van der Waals surface area contributed by atoms with Gasteiger partial charge in [0.2, 0.25) is 5.89 Å². The van der Waals surface area contributed by atoms with Crippen LogP contribution in [0.15, 0.2) is 28.8 Å². The minimum absolute atomic E-state index is 0.0488. The van der Waals surface area contributed by atoms with Gasteiger partial charge in [0, 0.05) is 38.6 Å². The summed E-state index contributed by atoms with van der Waals surface area (Å²) in [4.78, 5) is 18.9. The Bertz CT molecular complexity index is 805. The molecule has 1 amide bonds. The van der Waals surface area contributed by atoms with Crippen LogP contribution in [-0.4, -0.2) is 53.9 Å². The van der Waals surface area contributed by atoms with E-state index in [2.05, 4.69) is 10.1 Å². The molecule has 0 N–H and O–H groups in total. The summed E-state index contributed by atoms with van der Waals surface area (Å²) in [7, 11) is 0. The van der Waals surface area contributed by atoms with Crippen molar-refractivity contribution >= 4 is 5.91 Å². The van der Waals surface area contributed by atoms with Gasteiger partial charge in [-0.15, -0.1) is 0 Å². The SMILES string of the molecule is O=C(COc1ccc(F)cc1)N1CCCC(Cc2nc(C3CCOCC3)no2)C1. The third-order valence-electron chi connectivity index (χ3n) is 5.58. The van der Waals surface area contributed by atoms with Gasteiger partial charge in [-0.2, -0.15) is 4.98 Å². The predicted molar refractivity (Wildman–Crippen MR) is 102 cm³/mol. The van der Waals surface area contributed by atoms with Crippen LogP contribution in [0, 0.1) is 11.7 Å². The molecular weight excluding hydrogens is 377 g/mol. The van der Waals surface area contributed by atoms with E-state index in [9.17, 15) is 9.18 Å². The Balaban J connectivity index is 1.27. The smallest absolute Gasteiger partial charge is 0.260 e. The Morgan fingerprint density at radius 1 is 1.21 bits per heavy atom. The van der Waals surface area contributed by atoms with E-state index in [1.807, 2.05) is 4.90 Å². The average molecular weight is 403 g/mol. The van der Waals surface area contributed by atoms with Gasteiger partial charge in [0.1, 0.15) is 11.6 Å². The Labute approximate surface area is 169 Å². The number of carbonyl (C=O) groups excluding carboxylic acids is 1. The number of benzene rings is 1. The number of amides is 1. The minimum atomic E-state index is -0.330. The van der Waals surface area contributed by atoms with Gasteiger partial charge in [-0.25, -0.2) is 4.39 Å². The maximum absolute atomic E-state index is 13.0. The molecule has 3 heterocycles. The van der Waals surface area contributed by atoms with E-state index < -0.39 is 0 Å². The second-order valence-electron chi connectivity index (χ2n) is 7.73. The molecule has 2 aliphatic heterocycles. The average Bonchev–Trinajstić information content (AvgIpc) is 3.22. The van der Waals surface area contributed by atoms with E-state index in [1.54, 1.807) is 0 Å². The van der Waals surface area contributed by atoms with Crippen LogP contribution in [0.4, 0.5) is 4.39 Å². The zero-order chi connectivity index (χ0) is 20.1. The molecular formula is C21H26FN3O4. The summed E-state index contributed by atoms with van der Waals surface area (Å²) in [6.45, 7) is 2.81. The Hall–Kier alpha value is -2.48. The number of hydrogen-bond acceptors (Lipinski definition) is 6. The summed E-state index contributed by atoms with van der Waals surface area (Å²) in [6, 6.07) is 5.67. The van der Waals surface area contributed by atoms with Crippen molar-refractivity contribution in [3.8, 4) is 5.75 Å². The Morgan fingerprint density at radius 2 is 2.00 bits per heavy atom. The third kappa shape index (κ3) is 5.32. The molecule has 0 aliphatic carbocycles. The van der Waals surface area contributed by atoms with E-state index in [-0.39, 0.29) is 18.3 Å². The lowest BCUT2D eigenvalue weighted by atomic mass is 9.94. The molecule has 156 valence electrons. The summed E-state index contributed by atoms with van der Waals surface area (Å²) in [5, 5.41) is 4.16. The number of nitrogens with zero attached hydrogens (tertiary/aromatic N) is 3. The van der Waals surface area contributed by atoms with Gasteiger partial charge in [-0.05, 0) is 55.9 Å². The zero-order valence-electron chi connectivity index (χ0n) is 16.4. The standard InChI is InChI=1S/C21H26FN3O4/c22-17-3-5-18(6-4-17)28-14-20(26)25-9-1-2-15(13-25)12-19-23-21(24-29-19)16-7-10-27-11-8-16/h3-6,15-16H,1-2,7-14H2. The number of hydrogen-bond donors (Lipinski definition) is 0. The molecule has 0 bridgehead atoms. The van der Waals surface area contributed by atoms with Crippen LogP contribution in [0.3, 0.4) is 0 Å². The van der Waals surface area contributed by atoms with Gasteiger partial charge in [0.05, 0.1) is 0 Å². The molecule has 1 atom stereocenters. The van der Waals surface area contributed by atoms with E-state index in [0.29, 0.717) is 36.4 Å². The number of aromatic nitrogens is 2. The van der Waals surface area contributed by atoms with E-state index >= 15 is 0 Å². The first-order chi connectivity index (χ1) is 14.2. The molecule has 1 aromatic heterocycles. The van der Waals surface area contributed by atoms with Crippen LogP contribution in [0.5, 0.6) is 5.75 Å². The van der Waals surface area contributed by atoms with Gasteiger partial charge in [-0.1, -0.05) is 5.16 Å². The van der Waals surface area contributed by atoms with Crippen molar-refractivity contribution in [2.24, 2.45) is 5.92 Å². The van der Waals surface area contributed by atoms with Gasteiger partial charge < -0.3 is 18.9 Å². The van der Waals surface area contributed by atoms with Crippen LogP contribution < -0.4 is 4.74 Å². The van der Waals surface area contributed by atoms with Crippen LogP contribution in [0.25, 0.3) is 0 Å². The fourth-order valence-corrected chi connectivity index (χ4v) is 3.94. The van der Waals surface area contributed by atoms with Gasteiger partial charge in [0.15, 0.2) is 12.4 Å². The van der Waals surface area contributed by atoms with Gasteiger partial charge in [-0.3, -0.25) is 4.79 Å². The fraction of sp³-hybridized carbons (Fsp3) is 0.571. The molecule has 0 saturated carbocycles. The monoisotopic (exact) mass is 403 g/mol. The summed E-state index contributed by atoms with van der Waals surface area (Å²) in [5.74, 6) is 2.12. The lowest BCUT2D eigenvalue weighted by molar-refractivity contribution is -0.135. The van der Waals surface area contributed by atoms with E-state index in [1.165, 1.54) is 24.3 Å². The number of piperidine rings is 1. The highest BCUT2D eigenvalue weighted by Crippen LogP contribution is 2.26. The highest BCUT2D eigenvalue weighted by Gasteiger charge is 2.27. The maximum atomic E-state index is 13.0. The highest BCUT2D eigenvalue weighted by atomic mass is 19.1. The molecule has 1 unspecified atom stereocenters. The second-order valence-corrected chi connectivity index (χ2v) is 7.73. The number of halogens is 1. The minimum Gasteiger partial charge on any atom is -0.484 e. The molecule has 2 saturated heterocycles. The lowest BCUT2D eigenvalue weighted by Gasteiger charge is -2.32. The predicted octanol–water partition coefficient (Wildman–Crippen LogP) is 2.96. The molecule has 4 rings (SSSR count). The topological polar surface area (TPSA) is 77.7 Å². The van der Waals surface area contributed by atoms with Crippen molar-refractivity contribution in [3.05, 3.63) is 41.8 Å². The first kappa shape index (κ1) is 19.8. The quantitative estimate of drug-likeness (QED) is 0.738. The zero-order valence-corrected chi connectivity index (χ0v) is 16.4. The Morgan fingerprint density at radius 3 is 2.79 bits per heavy atom. The van der Waals surface area contributed by atoms with Crippen molar-refractivity contribution in [1.82, 2.24) is 15.0 Å². The summed E-state index contributed by atoms with van der Waals surface area (Å²) >= 11 is 0. The molecule has 1 aromatic carbocycles. The summed E-state index contributed by atoms with van der Waals surface area (Å²) in [6.07, 6.45) is 4.50. The summed E-state index contributed by atoms with van der Waals surface area (Å²) < 4.78 is 29.3. The van der Waals surface area contributed by atoms with Crippen molar-refractivity contribution in [3.63, 3.8) is 0 Å². The second kappa shape index (κ2) is 9.35. The molecule has 2 aliphatic rings. The van der Waals surface area contributed by atoms with E-state index in [4.69, 9.17) is 14.0 Å². The number of carbonyl (C=O) groups is 1. The molecule has 0 radical (unpaired) electrons. The molecule has 7 nitrogen and oxygen atoms in total. The van der Waals surface area contributed by atoms with Crippen LogP contribution in [0.2, 0.25) is 0 Å². The lowest BCUT2D eigenvalue weighted by Crippen LogP contribution is -2.42. The largest absolute Gasteiger partial charge is 0.484 e. The van der Waals surface area contributed by atoms with Crippen LogP contribution in [0.1, 0.15) is 43.3 Å². The van der Waals surface area contributed by atoms with Crippen molar-refractivity contribution < 1.29 is 23.2 Å². The third-order valence-corrected chi connectivity index (χ3v) is 5.58. The van der Waals surface area contributed by atoms with Crippen molar-refractivity contribution in [2.75, 3.05) is 32.9 Å². The first-order valence-electron chi connectivity index (χ1n) is 10.2. The molecule has 8 heteroatoms. The van der Waals surface area contributed by atoms with Gasteiger partial charge in [0.25, 0.3) is 5.91 Å². The molecule has 2 aromatic rings. The van der Waals surface area contributed by atoms with Crippen molar-refractivity contribution in [1.29, 1.82) is 0 Å². The normalized spacial score (nSPS) is 20.6.